The summed E-state index contributed by atoms with van der Waals surface area (Å²) in [6, 6.07) is 1.09. The summed E-state index contributed by atoms with van der Waals surface area (Å²) in [5.41, 5.74) is 0.180. The highest BCUT2D eigenvalue weighted by Gasteiger charge is 2.19. The van der Waals surface area contributed by atoms with Gasteiger partial charge in [-0.2, -0.15) is 8.78 Å². The van der Waals surface area contributed by atoms with Gasteiger partial charge in [0.2, 0.25) is 5.88 Å². The smallest absolute Gasteiger partial charge is 0.388 e. The predicted octanol–water partition coefficient (Wildman–Crippen LogP) is 2.52. The Hall–Kier alpha value is -1.43. The second-order valence-electron chi connectivity index (χ2n) is 2.98. The van der Waals surface area contributed by atoms with Crippen LogP contribution >= 0.6 is 11.6 Å². The second-order valence-corrected chi connectivity index (χ2v) is 3.39. The molecule has 0 aliphatic carbocycles. The van der Waals surface area contributed by atoms with Crippen molar-refractivity contribution < 1.29 is 23.4 Å². The highest BCUT2D eigenvalue weighted by molar-refractivity contribution is 6.31. The molecular weight excluding hydrogens is 244 g/mol. The van der Waals surface area contributed by atoms with Crippen LogP contribution in [0.5, 0.6) is 5.88 Å². The second kappa shape index (κ2) is 5.07. The van der Waals surface area contributed by atoms with E-state index in [1.54, 1.807) is 0 Å². The first-order chi connectivity index (χ1) is 7.41. The zero-order valence-corrected chi connectivity index (χ0v) is 8.91. The number of hydrogen-bond donors (Lipinski definition) is 1. The fourth-order valence-corrected chi connectivity index (χ4v) is 1.32. The molecule has 1 aromatic rings. The van der Waals surface area contributed by atoms with Crippen molar-refractivity contribution in [3.05, 3.63) is 22.8 Å². The van der Waals surface area contributed by atoms with Gasteiger partial charge in [0.05, 0.1) is 10.9 Å². The Balaban J connectivity index is 3.03. The quantitative estimate of drug-likeness (QED) is 0.893. The highest BCUT2D eigenvalue weighted by Crippen LogP contribution is 2.27. The molecule has 0 spiro atoms. The average molecular weight is 252 g/mol. The minimum absolute atomic E-state index is 0.0940. The van der Waals surface area contributed by atoms with Crippen molar-refractivity contribution in [2.75, 3.05) is 0 Å². The standard InChI is InChI=1S/C9H8ClF2NO3/c1-4(8(14)15)5-2-7(16-9(11)12)13-3-6(5)10/h2-4,9H,1H3,(H,14,15). The van der Waals surface area contributed by atoms with E-state index in [1.807, 2.05) is 0 Å². The Morgan fingerprint density at radius 1 is 1.62 bits per heavy atom. The van der Waals surface area contributed by atoms with Crippen molar-refractivity contribution in [2.45, 2.75) is 19.5 Å². The summed E-state index contributed by atoms with van der Waals surface area (Å²) in [5.74, 6) is -2.39. The number of carboxylic acids is 1. The molecule has 0 aliphatic heterocycles. The molecule has 0 radical (unpaired) electrons. The van der Waals surface area contributed by atoms with Gasteiger partial charge in [-0.05, 0) is 12.5 Å². The molecule has 1 N–H and O–H groups in total. The van der Waals surface area contributed by atoms with Gasteiger partial charge in [-0.15, -0.1) is 0 Å². The van der Waals surface area contributed by atoms with Crippen LogP contribution in [0.25, 0.3) is 0 Å². The van der Waals surface area contributed by atoms with Crippen LogP contribution in [0.2, 0.25) is 5.02 Å². The molecule has 1 aromatic heterocycles. The molecular formula is C9H8ClF2NO3. The number of halogens is 3. The number of aliphatic carboxylic acids is 1. The first-order valence-electron chi connectivity index (χ1n) is 4.25. The molecule has 4 nitrogen and oxygen atoms in total. The number of rotatable bonds is 4. The van der Waals surface area contributed by atoms with Crippen LogP contribution in [0.15, 0.2) is 12.3 Å². The van der Waals surface area contributed by atoms with Crippen molar-refractivity contribution >= 4 is 17.6 Å². The van der Waals surface area contributed by atoms with Gasteiger partial charge in [0, 0.05) is 12.3 Å². The van der Waals surface area contributed by atoms with E-state index in [0.717, 1.165) is 12.3 Å². The molecule has 0 fully saturated rings. The lowest BCUT2D eigenvalue weighted by Crippen LogP contribution is -2.10. The first-order valence-corrected chi connectivity index (χ1v) is 4.62. The van der Waals surface area contributed by atoms with Gasteiger partial charge >= 0.3 is 12.6 Å². The number of carbonyl (C=O) groups is 1. The molecule has 0 saturated heterocycles. The molecule has 1 atom stereocenters. The number of pyridine rings is 1. The van der Waals surface area contributed by atoms with Crippen LogP contribution in [0.4, 0.5) is 8.78 Å². The molecule has 1 rings (SSSR count). The van der Waals surface area contributed by atoms with E-state index in [9.17, 15) is 13.6 Å². The number of carboxylic acid groups (broad SMARTS) is 1. The average Bonchev–Trinajstić information content (AvgIpc) is 2.19. The van der Waals surface area contributed by atoms with E-state index >= 15 is 0 Å². The van der Waals surface area contributed by atoms with Crippen molar-refractivity contribution in [2.24, 2.45) is 0 Å². The largest absolute Gasteiger partial charge is 0.481 e. The summed E-state index contributed by atoms with van der Waals surface area (Å²) in [4.78, 5) is 14.2. The summed E-state index contributed by atoms with van der Waals surface area (Å²) in [5, 5.41) is 8.86. The molecule has 1 heterocycles. The summed E-state index contributed by atoms with van der Waals surface area (Å²) in [7, 11) is 0. The van der Waals surface area contributed by atoms with E-state index in [1.165, 1.54) is 6.92 Å². The molecule has 0 aromatic carbocycles. The van der Waals surface area contributed by atoms with Gasteiger partial charge in [-0.25, -0.2) is 4.98 Å². The minimum atomic E-state index is -3.01. The van der Waals surface area contributed by atoms with Crippen molar-refractivity contribution in [3.8, 4) is 5.88 Å². The van der Waals surface area contributed by atoms with Crippen LogP contribution in [0.1, 0.15) is 18.4 Å². The van der Waals surface area contributed by atoms with Gasteiger partial charge in [0.15, 0.2) is 0 Å². The monoisotopic (exact) mass is 251 g/mol. The van der Waals surface area contributed by atoms with Gasteiger partial charge in [0.1, 0.15) is 0 Å². The molecule has 88 valence electrons. The number of aromatic nitrogens is 1. The lowest BCUT2D eigenvalue weighted by Gasteiger charge is -2.10. The van der Waals surface area contributed by atoms with E-state index in [2.05, 4.69) is 9.72 Å². The molecule has 0 amide bonds. The molecule has 16 heavy (non-hydrogen) atoms. The summed E-state index contributed by atoms with van der Waals surface area (Å²) in [6.07, 6.45) is 1.08. The van der Waals surface area contributed by atoms with E-state index < -0.39 is 18.5 Å². The van der Waals surface area contributed by atoms with Gasteiger partial charge in [-0.3, -0.25) is 4.79 Å². The van der Waals surface area contributed by atoms with Crippen LogP contribution < -0.4 is 4.74 Å². The Bertz CT molecular complexity index is 400. The zero-order valence-electron chi connectivity index (χ0n) is 8.15. The fraction of sp³-hybridized carbons (Fsp3) is 0.333. The summed E-state index contributed by atoms with van der Waals surface area (Å²) in [6.45, 7) is -1.63. The Morgan fingerprint density at radius 3 is 2.75 bits per heavy atom. The Kier molecular flexibility index (Phi) is 4.00. The summed E-state index contributed by atoms with van der Waals surface area (Å²) >= 11 is 5.70. The van der Waals surface area contributed by atoms with Crippen LogP contribution in [0.3, 0.4) is 0 Å². The number of hydrogen-bond acceptors (Lipinski definition) is 3. The maximum absolute atomic E-state index is 11.9. The number of alkyl halides is 2. The predicted molar refractivity (Wildman–Crippen MR) is 51.9 cm³/mol. The molecule has 0 bridgehead atoms. The van der Waals surface area contributed by atoms with Crippen molar-refractivity contribution in [1.82, 2.24) is 4.98 Å². The van der Waals surface area contributed by atoms with Gasteiger partial charge < -0.3 is 9.84 Å². The van der Waals surface area contributed by atoms with E-state index in [4.69, 9.17) is 16.7 Å². The molecule has 7 heteroatoms. The van der Waals surface area contributed by atoms with E-state index in [-0.39, 0.29) is 16.5 Å². The third-order valence-corrected chi connectivity index (χ3v) is 2.22. The van der Waals surface area contributed by atoms with Crippen molar-refractivity contribution in [3.63, 3.8) is 0 Å². The van der Waals surface area contributed by atoms with Gasteiger partial charge in [-0.1, -0.05) is 11.6 Å². The van der Waals surface area contributed by atoms with E-state index in [0.29, 0.717) is 0 Å². The Labute approximate surface area is 94.8 Å². The fourth-order valence-electron chi connectivity index (χ4n) is 1.05. The minimum Gasteiger partial charge on any atom is -0.481 e. The maximum atomic E-state index is 11.9. The molecule has 0 saturated carbocycles. The number of ether oxygens (including phenoxy) is 1. The first kappa shape index (κ1) is 12.6. The topological polar surface area (TPSA) is 59.4 Å². The van der Waals surface area contributed by atoms with Crippen LogP contribution in [-0.4, -0.2) is 22.7 Å². The van der Waals surface area contributed by atoms with Crippen molar-refractivity contribution in [1.29, 1.82) is 0 Å². The molecule has 0 aliphatic rings. The maximum Gasteiger partial charge on any atom is 0.388 e. The Morgan fingerprint density at radius 2 is 2.25 bits per heavy atom. The molecule has 1 unspecified atom stereocenters. The lowest BCUT2D eigenvalue weighted by molar-refractivity contribution is -0.138. The zero-order chi connectivity index (χ0) is 12.3. The highest BCUT2D eigenvalue weighted by atomic mass is 35.5. The third-order valence-electron chi connectivity index (χ3n) is 1.91. The lowest BCUT2D eigenvalue weighted by atomic mass is 10.0. The van der Waals surface area contributed by atoms with Crippen LogP contribution in [0, 0.1) is 0 Å². The number of nitrogens with zero attached hydrogens (tertiary/aromatic N) is 1. The third kappa shape index (κ3) is 3.03. The summed E-state index contributed by atoms with van der Waals surface area (Å²) < 4.78 is 27.8. The SMILES string of the molecule is CC(C(=O)O)c1cc(OC(F)F)ncc1Cl. The normalized spacial score (nSPS) is 12.6. The van der Waals surface area contributed by atoms with Gasteiger partial charge in [0.25, 0.3) is 0 Å². The van der Waals surface area contributed by atoms with Crippen LogP contribution in [-0.2, 0) is 4.79 Å².